The molecule has 23 heavy (non-hydrogen) atoms. The Bertz CT molecular complexity index is 691. The number of hydrogen-bond donors (Lipinski definition) is 1. The summed E-state index contributed by atoms with van der Waals surface area (Å²) in [7, 11) is 0. The molecule has 1 aliphatic rings. The molecule has 3 nitrogen and oxygen atoms in total. The molecule has 4 heteroatoms. The van der Waals surface area contributed by atoms with Gasteiger partial charge in [0, 0.05) is 35.4 Å². The van der Waals surface area contributed by atoms with Crippen LogP contribution >= 0.6 is 15.9 Å². The molecule has 1 N–H and O–H groups in total. The van der Waals surface area contributed by atoms with E-state index in [2.05, 4.69) is 50.4 Å². The third kappa shape index (κ3) is 3.94. The Hall–Kier alpha value is -1.81. The van der Waals surface area contributed by atoms with Gasteiger partial charge in [-0.05, 0) is 61.2 Å². The van der Waals surface area contributed by atoms with E-state index in [1.54, 1.807) is 0 Å². The lowest BCUT2D eigenvalue weighted by molar-refractivity contribution is 0.0950. The minimum Gasteiger partial charge on any atom is -0.372 e. The molecule has 1 amide bonds. The number of nitrogens with one attached hydrogen (secondary N) is 1. The molecule has 1 fully saturated rings. The standard InChI is InChI=1S/C19H21BrN2O/c1-14-12-16(20)6-9-18(14)19(23)21-13-15-4-7-17(8-5-15)22-10-2-3-11-22/h4-9,12H,2-3,10-11,13H2,1H3,(H,21,23). The fraction of sp³-hybridized carbons (Fsp3) is 0.316. The average Bonchev–Trinajstić information content (AvgIpc) is 3.07. The number of hydrogen-bond acceptors (Lipinski definition) is 2. The van der Waals surface area contributed by atoms with E-state index in [1.165, 1.54) is 18.5 Å². The van der Waals surface area contributed by atoms with Crippen molar-refractivity contribution in [3.05, 3.63) is 63.6 Å². The second kappa shape index (κ2) is 7.18. The van der Waals surface area contributed by atoms with Crippen LogP contribution in [-0.2, 0) is 6.54 Å². The van der Waals surface area contributed by atoms with Gasteiger partial charge in [0.15, 0.2) is 0 Å². The Morgan fingerprint density at radius 1 is 1.13 bits per heavy atom. The van der Waals surface area contributed by atoms with Gasteiger partial charge in [-0.25, -0.2) is 0 Å². The van der Waals surface area contributed by atoms with E-state index in [4.69, 9.17) is 0 Å². The zero-order valence-corrected chi connectivity index (χ0v) is 14.9. The molecule has 0 aliphatic carbocycles. The maximum Gasteiger partial charge on any atom is 0.251 e. The van der Waals surface area contributed by atoms with Gasteiger partial charge in [0.25, 0.3) is 5.91 Å². The van der Waals surface area contributed by atoms with Crippen molar-refractivity contribution >= 4 is 27.5 Å². The van der Waals surface area contributed by atoms with Crippen molar-refractivity contribution in [2.45, 2.75) is 26.3 Å². The molecule has 0 unspecified atom stereocenters. The first-order chi connectivity index (χ1) is 11.1. The fourth-order valence-electron chi connectivity index (χ4n) is 2.96. The first kappa shape index (κ1) is 16.1. The van der Waals surface area contributed by atoms with Crippen molar-refractivity contribution in [2.75, 3.05) is 18.0 Å². The lowest BCUT2D eigenvalue weighted by atomic mass is 10.1. The molecule has 120 valence electrons. The first-order valence-electron chi connectivity index (χ1n) is 8.02. The molecule has 2 aromatic rings. The van der Waals surface area contributed by atoms with Crippen LogP contribution in [0.3, 0.4) is 0 Å². The Labute approximate surface area is 145 Å². The number of aryl methyl sites for hydroxylation is 1. The van der Waals surface area contributed by atoms with Crippen LogP contribution in [0.25, 0.3) is 0 Å². The SMILES string of the molecule is Cc1cc(Br)ccc1C(=O)NCc1ccc(N2CCCC2)cc1. The smallest absolute Gasteiger partial charge is 0.251 e. The predicted molar refractivity (Wildman–Crippen MR) is 97.9 cm³/mol. The molecule has 0 radical (unpaired) electrons. The number of rotatable bonds is 4. The van der Waals surface area contributed by atoms with E-state index >= 15 is 0 Å². The number of benzene rings is 2. The molecule has 2 aromatic carbocycles. The Kier molecular flexibility index (Phi) is 5.01. The number of carbonyl (C=O) groups is 1. The third-order valence-electron chi connectivity index (χ3n) is 4.29. The van der Waals surface area contributed by atoms with Gasteiger partial charge in [-0.15, -0.1) is 0 Å². The highest BCUT2D eigenvalue weighted by Crippen LogP contribution is 2.20. The first-order valence-corrected chi connectivity index (χ1v) is 8.81. The molecule has 3 rings (SSSR count). The molecule has 0 spiro atoms. The summed E-state index contributed by atoms with van der Waals surface area (Å²) in [6.45, 7) is 4.80. The number of carbonyl (C=O) groups excluding carboxylic acids is 1. The highest BCUT2D eigenvalue weighted by atomic mass is 79.9. The van der Waals surface area contributed by atoms with Gasteiger partial charge in [0.05, 0.1) is 0 Å². The molecular formula is C19H21BrN2O. The van der Waals surface area contributed by atoms with E-state index in [-0.39, 0.29) is 5.91 Å². The summed E-state index contributed by atoms with van der Waals surface area (Å²) in [4.78, 5) is 14.7. The second-order valence-electron chi connectivity index (χ2n) is 6.00. The maximum atomic E-state index is 12.3. The van der Waals surface area contributed by atoms with E-state index in [9.17, 15) is 4.79 Å². The molecule has 1 saturated heterocycles. The number of anilines is 1. The van der Waals surface area contributed by atoms with Crippen LogP contribution in [0.1, 0.15) is 34.3 Å². The molecule has 0 atom stereocenters. The quantitative estimate of drug-likeness (QED) is 0.867. The molecule has 0 saturated carbocycles. The fourth-order valence-corrected chi connectivity index (χ4v) is 3.43. The van der Waals surface area contributed by atoms with Gasteiger partial charge in [-0.1, -0.05) is 28.1 Å². The van der Waals surface area contributed by atoms with Gasteiger partial charge < -0.3 is 10.2 Å². The van der Waals surface area contributed by atoms with Crippen molar-refractivity contribution in [1.29, 1.82) is 0 Å². The zero-order chi connectivity index (χ0) is 16.2. The van der Waals surface area contributed by atoms with Crippen molar-refractivity contribution in [1.82, 2.24) is 5.32 Å². The van der Waals surface area contributed by atoms with E-state index in [0.717, 1.165) is 34.3 Å². The number of nitrogens with zero attached hydrogens (tertiary/aromatic N) is 1. The largest absolute Gasteiger partial charge is 0.372 e. The Balaban J connectivity index is 1.60. The minimum absolute atomic E-state index is 0.0291. The summed E-state index contributed by atoms with van der Waals surface area (Å²) >= 11 is 3.42. The summed E-state index contributed by atoms with van der Waals surface area (Å²) < 4.78 is 0.990. The molecular weight excluding hydrogens is 352 g/mol. The average molecular weight is 373 g/mol. The van der Waals surface area contributed by atoms with Crippen molar-refractivity contribution in [2.24, 2.45) is 0 Å². The Morgan fingerprint density at radius 3 is 2.48 bits per heavy atom. The summed E-state index contributed by atoms with van der Waals surface area (Å²) in [6.07, 6.45) is 2.56. The third-order valence-corrected chi connectivity index (χ3v) is 4.79. The lowest BCUT2D eigenvalue weighted by Gasteiger charge is -2.17. The minimum atomic E-state index is -0.0291. The van der Waals surface area contributed by atoms with Crippen LogP contribution in [0.2, 0.25) is 0 Å². The van der Waals surface area contributed by atoms with Crippen LogP contribution in [0.15, 0.2) is 46.9 Å². The Morgan fingerprint density at radius 2 is 1.83 bits per heavy atom. The monoisotopic (exact) mass is 372 g/mol. The van der Waals surface area contributed by atoms with Gasteiger partial charge in [-0.3, -0.25) is 4.79 Å². The zero-order valence-electron chi connectivity index (χ0n) is 13.3. The van der Waals surface area contributed by atoms with E-state index in [0.29, 0.717) is 6.54 Å². The van der Waals surface area contributed by atoms with Crippen molar-refractivity contribution < 1.29 is 4.79 Å². The van der Waals surface area contributed by atoms with Crippen molar-refractivity contribution in [3.63, 3.8) is 0 Å². The van der Waals surface area contributed by atoms with Gasteiger partial charge in [0.1, 0.15) is 0 Å². The summed E-state index contributed by atoms with van der Waals surface area (Å²) in [5.74, 6) is -0.0291. The van der Waals surface area contributed by atoms with E-state index < -0.39 is 0 Å². The van der Waals surface area contributed by atoms with Crippen LogP contribution in [0.4, 0.5) is 5.69 Å². The van der Waals surface area contributed by atoms with Crippen LogP contribution in [-0.4, -0.2) is 19.0 Å². The molecule has 0 aromatic heterocycles. The van der Waals surface area contributed by atoms with Crippen molar-refractivity contribution in [3.8, 4) is 0 Å². The lowest BCUT2D eigenvalue weighted by Crippen LogP contribution is -2.23. The number of amides is 1. The maximum absolute atomic E-state index is 12.3. The topological polar surface area (TPSA) is 32.3 Å². The van der Waals surface area contributed by atoms with E-state index in [1.807, 2.05) is 25.1 Å². The second-order valence-corrected chi connectivity index (χ2v) is 6.92. The summed E-state index contributed by atoms with van der Waals surface area (Å²) in [6, 6.07) is 14.2. The normalized spacial score (nSPS) is 14.1. The highest BCUT2D eigenvalue weighted by Gasteiger charge is 2.12. The van der Waals surface area contributed by atoms with Gasteiger partial charge >= 0.3 is 0 Å². The van der Waals surface area contributed by atoms with Gasteiger partial charge in [-0.2, -0.15) is 0 Å². The predicted octanol–water partition coefficient (Wildman–Crippen LogP) is 4.29. The summed E-state index contributed by atoms with van der Waals surface area (Å²) in [5, 5.41) is 3.00. The summed E-state index contributed by atoms with van der Waals surface area (Å²) in [5.41, 5.74) is 4.10. The van der Waals surface area contributed by atoms with Crippen LogP contribution < -0.4 is 10.2 Å². The van der Waals surface area contributed by atoms with Gasteiger partial charge in [0.2, 0.25) is 0 Å². The molecule has 1 heterocycles. The van der Waals surface area contributed by atoms with Crippen LogP contribution in [0, 0.1) is 6.92 Å². The number of halogens is 1. The molecule has 0 bridgehead atoms. The highest BCUT2D eigenvalue weighted by molar-refractivity contribution is 9.10. The molecule has 1 aliphatic heterocycles. The van der Waals surface area contributed by atoms with Crippen LogP contribution in [0.5, 0.6) is 0 Å².